The van der Waals surface area contributed by atoms with Crippen LogP contribution in [0.2, 0.25) is 0 Å². The first-order valence-electron chi connectivity index (χ1n) is 6.37. The monoisotopic (exact) mass is 234 g/mol. The van der Waals surface area contributed by atoms with E-state index in [2.05, 4.69) is 51.6 Å². The van der Waals surface area contributed by atoms with Gasteiger partial charge in [-0.3, -0.25) is 0 Å². The van der Waals surface area contributed by atoms with Crippen LogP contribution >= 0.6 is 12.6 Å². The van der Waals surface area contributed by atoms with Gasteiger partial charge < -0.3 is 0 Å². The van der Waals surface area contributed by atoms with Crippen LogP contribution in [-0.2, 0) is 5.75 Å². The first-order valence-corrected chi connectivity index (χ1v) is 7.00. The molecule has 1 heteroatoms. The fourth-order valence-electron chi connectivity index (χ4n) is 2.93. The molecule has 88 valence electrons. The lowest BCUT2D eigenvalue weighted by Gasteiger charge is -2.32. The minimum atomic E-state index is 0.735. The van der Waals surface area contributed by atoms with E-state index in [1.54, 1.807) is 11.1 Å². The lowest BCUT2D eigenvalue weighted by atomic mass is 9.73. The fourth-order valence-corrected chi connectivity index (χ4v) is 3.12. The molecule has 1 aliphatic carbocycles. The van der Waals surface area contributed by atoms with Gasteiger partial charge in [-0.25, -0.2) is 0 Å². The van der Waals surface area contributed by atoms with E-state index in [9.17, 15) is 0 Å². The van der Waals surface area contributed by atoms with Crippen molar-refractivity contribution in [3.63, 3.8) is 0 Å². The van der Waals surface area contributed by atoms with E-state index in [0.29, 0.717) is 0 Å². The van der Waals surface area contributed by atoms with Gasteiger partial charge in [0, 0.05) is 5.75 Å². The summed E-state index contributed by atoms with van der Waals surface area (Å²) in [4.78, 5) is 0. The second-order valence-corrected chi connectivity index (χ2v) is 5.77. The number of thiol groups is 1. The Morgan fingerprint density at radius 3 is 2.62 bits per heavy atom. The molecule has 0 spiro atoms. The first-order chi connectivity index (χ1) is 7.63. The minimum absolute atomic E-state index is 0.735. The molecular formula is C15H22S. The average Bonchev–Trinajstić information content (AvgIpc) is 2.28. The minimum Gasteiger partial charge on any atom is -0.175 e. The van der Waals surface area contributed by atoms with Gasteiger partial charge in [0.1, 0.15) is 0 Å². The second kappa shape index (κ2) is 4.83. The molecule has 0 saturated carbocycles. The van der Waals surface area contributed by atoms with Gasteiger partial charge >= 0.3 is 0 Å². The number of rotatable bonds is 2. The van der Waals surface area contributed by atoms with Crippen LogP contribution < -0.4 is 0 Å². The van der Waals surface area contributed by atoms with Gasteiger partial charge in [0.25, 0.3) is 0 Å². The summed E-state index contributed by atoms with van der Waals surface area (Å²) in [7, 11) is 0. The molecule has 0 N–H and O–H groups in total. The topological polar surface area (TPSA) is 0 Å². The lowest BCUT2D eigenvalue weighted by Crippen LogP contribution is -2.17. The van der Waals surface area contributed by atoms with Gasteiger partial charge in [0.15, 0.2) is 0 Å². The summed E-state index contributed by atoms with van der Waals surface area (Å²) < 4.78 is 0. The summed E-state index contributed by atoms with van der Waals surface area (Å²) in [5, 5.41) is 0. The molecule has 0 amide bonds. The van der Waals surface area contributed by atoms with Crippen LogP contribution in [-0.4, -0.2) is 0 Å². The molecule has 0 aliphatic heterocycles. The molecule has 1 aliphatic rings. The average molecular weight is 234 g/mol. The Bertz CT molecular complexity index is 368. The summed E-state index contributed by atoms with van der Waals surface area (Å²) >= 11 is 4.38. The van der Waals surface area contributed by atoms with Crippen molar-refractivity contribution in [3.05, 3.63) is 34.9 Å². The van der Waals surface area contributed by atoms with E-state index in [1.807, 2.05) is 0 Å². The van der Waals surface area contributed by atoms with Gasteiger partial charge in [0.05, 0.1) is 0 Å². The number of fused-ring (bicyclic) bond motifs is 1. The van der Waals surface area contributed by atoms with Crippen LogP contribution in [0.5, 0.6) is 0 Å². The molecule has 16 heavy (non-hydrogen) atoms. The Hall–Kier alpha value is -0.430. The van der Waals surface area contributed by atoms with E-state index >= 15 is 0 Å². The summed E-state index contributed by atoms with van der Waals surface area (Å²) in [6.45, 7) is 7.05. The van der Waals surface area contributed by atoms with Gasteiger partial charge in [0.2, 0.25) is 0 Å². The van der Waals surface area contributed by atoms with Crippen molar-refractivity contribution in [1.29, 1.82) is 0 Å². The number of hydrogen-bond acceptors (Lipinski definition) is 1. The SMILES string of the molecule is CC1CCC(C(C)C)c2cc(CS)ccc21. The zero-order valence-electron chi connectivity index (χ0n) is 10.5. The Balaban J connectivity index is 2.45. The van der Waals surface area contributed by atoms with Crippen LogP contribution in [0.4, 0.5) is 0 Å². The van der Waals surface area contributed by atoms with Crippen LogP contribution in [0.15, 0.2) is 18.2 Å². The maximum Gasteiger partial charge on any atom is 0.0154 e. The summed E-state index contributed by atoms with van der Waals surface area (Å²) in [5.74, 6) is 3.10. The predicted molar refractivity (Wildman–Crippen MR) is 74.4 cm³/mol. The maximum atomic E-state index is 4.38. The van der Waals surface area contributed by atoms with Gasteiger partial charge in [-0.15, -0.1) is 0 Å². The molecule has 0 fully saturated rings. The van der Waals surface area contributed by atoms with E-state index in [0.717, 1.165) is 23.5 Å². The maximum absolute atomic E-state index is 4.38. The second-order valence-electron chi connectivity index (χ2n) is 5.45. The van der Waals surface area contributed by atoms with Crippen LogP contribution in [0.25, 0.3) is 0 Å². The molecule has 2 atom stereocenters. The quantitative estimate of drug-likeness (QED) is 0.701. The predicted octanol–water partition coefficient (Wildman–Crippen LogP) is 4.75. The molecule has 0 bridgehead atoms. The van der Waals surface area contributed by atoms with E-state index in [4.69, 9.17) is 0 Å². The van der Waals surface area contributed by atoms with Gasteiger partial charge in [-0.1, -0.05) is 39.0 Å². The van der Waals surface area contributed by atoms with Crippen molar-refractivity contribution in [2.75, 3.05) is 0 Å². The van der Waals surface area contributed by atoms with Crippen molar-refractivity contribution < 1.29 is 0 Å². The van der Waals surface area contributed by atoms with Gasteiger partial charge in [-0.05, 0) is 47.3 Å². The first kappa shape index (κ1) is 12.0. The third-order valence-electron chi connectivity index (χ3n) is 3.98. The lowest BCUT2D eigenvalue weighted by molar-refractivity contribution is 0.410. The normalized spacial score (nSPS) is 24.6. The van der Waals surface area contributed by atoms with Crippen LogP contribution in [0, 0.1) is 5.92 Å². The highest BCUT2D eigenvalue weighted by atomic mass is 32.1. The van der Waals surface area contributed by atoms with Crippen molar-refractivity contribution in [3.8, 4) is 0 Å². The van der Waals surface area contributed by atoms with E-state index in [1.165, 1.54) is 18.4 Å². The Morgan fingerprint density at radius 1 is 1.25 bits per heavy atom. The van der Waals surface area contributed by atoms with Crippen molar-refractivity contribution in [1.82, 2.24) is 0 Å². The third-order valence-corrected chi connectivity index (χ3v) is 4.34. The number of benzene rings is 1. The zero-order chi connectivity index (χ0) is 11.7. The van der Waals surface area contributed by atoms with Crippen molar-refractivity contribution >= 4 is 12.6 Å². The van der Waals surface area contributed by atoms with E-state index in [-0.39, 0.29) is 0 Å². The molecule has 0 heterocycles. The van der Waals surface area contributed by atoms with E-state index < -0.39 is 0 Å². The molecule has 0 aromatic heterocycles. The van der Waals surface area contributed by atoms with Crippen molar-refractivity contribution in [2.45, 2.75) is 51.2 Å². The smallest absolute Gasteiger partial charge is 0.0154 e. The Morgan fingerprint density at radius 2 is 2.00 bits per heavy atom. The highest BCUT2D eigenvalue weighted by Crippen LogP contribution is 2.42. The molecule has 2 rings (SSSR count). The van der Waals surface area contributed by atoms with Crippen LogP contribution in [0.1, 0.15) is 62.1 Å². The largest absolute Gasteiger partial charge is 0.175 e. The molecule has 0 nitrogen and oxygen atoms in total. The highest BCUT2D eigenvalue weighted by molar-refractivity contribution is 7.79. The highest BCUT2D eigenvalue weighted by Gasteiger charge is 2.26. The molecular weight excluding hydrogens is 212 g/mol. The molecule has 1 aromatic carbocycles. The molecule has 2 unspecified atom stereocenters. The zero-order valence-corrected chi connectivity index (χ0v) is 11.4. The molecule has 0 radical (unpaired) electrons. The third kappa shape index (κ3) is 2.15. The Labute approximate surface area is 105 Å². The summed E-state index contributed by atoms with van der Waals surface area (Å²) in [6, 6.07) is 6.97. The molecule has 1 aromatic rings. The fraction of sp³-hybridized carbons (Fsp3) is 0.600. The van der Waals surface area contributed by atoms with Crippen molar-refractivity contribution in [2.24, 2.45) is 5.92 Å². The standard InChI is InChI=1S/C15H22S/c1-10(2)13-6-4-11(3)14-7-5-12(9-16)8-15(13)14/h5,7-8,10-11,13,16H,4,6,9H2,1-3H3. The molecule has 0 saturated heterocycles. The van der Waals surface area contributed by atoms with Crippen LogP contribution in [0.3, 0.4) is 0 Å². The summed E-state index contributed by atoms with van der Waals surface area (Å²) in [6.07, 6.45) is 2.69. The number of hydrogen-bond donors (Lipinski definition) is 1. The Kier molecular flexibility index (Phi) is 3.63. The summed E-state index contributed by atoms with van der Waals surface area (Å²) in [5.41, 5.74) is 4.54. The van der Waals surface area contributed by atoms with Gasteiger partial charge in [-0.2, -0.15) is 12.6 Å².